The maximum atomic E-state index is 13.2. The van der Waals surface area contributed by atoms with E-state index in [1.807, 2.05) is 0 Å². The topological polar surface area (TPSA) is 69.1 Å². The van der Waals surface area contributed by atoms with Gasteiger partial charge in [0.05, 0.1) is 11.2 Å². The van der Waals surface area contributed by atoms with Crippen molar-refractivity contribution in [1.82, 2.24) is 14.9 Å². The van der Waals surface area contributed by atoms with Gasteiger partial charge in [-0.05, 0) is 48.5 Å². The summed E-state index contributed by atoms with van der Waals surface area (Å²) in [4.78, 5) is 33.9. The zero-order valence-corrected chi connectivity index (χ0v) is 20.2. The number of hydrogen-bond donors (Lipinski definition) is 0. The largest absolute Gasteiger partial charge is 0.368 e. The van der Waals surface area contributed by atoms with Crippen LogP contribution in [0.3, 0.4) is 0 Å². The Balaban J connectivity index is 1.46. The Kier molecular flexibility index (Phi) is 7.94. The maximum absolute atomic E-state index is 13.2. The fourth-order valence-electron chi connectivity index (χ4n) is 3.64. The third kappa shape index (κ3) is 6.35. The van der Waals surface area contributed by atoms with E-state index in [1.54, 1.807) is 47.4 Å². The van der Waals surface area contributed by atoms with Crippen molar-refractivity contribution in [2.24, 2.45) is 5.10 Å². The molecular weight excluding hydrogens is 492 g/mol. The molecule has 1 fully saturated rings. The maximum Gasteiger partial charge on any atom is 0.274 e. The number of carbonyl (C=O) groups is 2. The molecule has 10 heteroatoms. The lowest BCUT2D eigenvalue weighted by atomic mass is 10.2. The third-order valence-corrected chi connectivity index (χ3v) is 6.13. The number of benzene rings is 2. The molecule has 0 radical (unpaired) electrons. The smallest absolute Gasteiger partial charge is 0.274 e. The second-order valence-corrected chi connectivity index (χ2v) is 8.70. The van der Waals surface area contributed by atoms with Gasteiger partial charge in [-0.2, -0.15) is 5.10 Å². The Hall–Kier alpha value is -3.49. The molecule has 2 amide bonds. The molecule has 7 nitrogen and oxygen atoms in total. The van der Waals surface area contributed by atoms with Crippen LogP contribution in [0.15, 0.2) is 72.1 Å². The molecule has 0 N–H and O–H groups in total. The standard InChI is InChI=1S/C25H22Cl2FN5O2/c26-20-2-1-19(23(27)15-20)16-30-33(25(35)18-7-9-29-10-8-18)17-24(34)32-13-11-31(12-14-32)22-5-3-21(28)4-6-22/h1-10,15-16H,11-14,17H2/b30-16+. The molecular formula is C25H22Cl2FN5O2. The van der Waals surface area contributed by atoms with E-state index in [2.05, 4.69) is 15.0 Å². The van der Waals surface area contributed by atoms with Gasteiger partial charge in [-0.3, -0.25) is 14.6 Å². The van der Waals surface area contributed by atoms with Crippen molar-refractivity contribution in [1.29, 1.82) is 0 Å². The molecule has 1 aliphatic heterocycles. The summed E-state index contributed by atoms with van der Waals surface area (Å²) in [7, 11) is 0. The Morgan fingerprint density at radius 3 is 2.34 bits per heavy atom. The predicted octanol–water partition coefficient (Wildman–Crippen LogP) is 4.35. The van der Waals surface area contributed by atoms with E-state index in [1.165, 1.54) is 30.7 Å². The van der Waals surface area contributed by atoms with Crippen LogP contribution in [0.4, 0.5) is 10.1 Å². The highest BCUT2D eigenvalue weighted by Crippen LogP contribution is 2.20. The summed E-state index contributed by atoms with van der Waals surface area (Å²) in [5.74, 6) is -0.959. The summed E-state index contributed by atoms with van der Waals surface area (Å²) in [6, 6.07) is 14.3. The minimum atomic E-state index is -0.438. The average Bonchev–Trinajstić information content (AvgIpc) is 2.88. The molecule has 1 saturated heterocycles. The third-order valence-electron chi connectivity index (χ3n) is 5.57. The zero-order chi connectivity index (χ0) is 24.8. The van der Waals surface area contributed by atoms with Crippen molar-refractivity contribution in [3.05, 3.63) is 94.0 Å². The highest BCUT2D eigenvalue weighted by molar-refractivity contribution is 6.36. The van der Waals surface area contributed by atoms with Gasteiger partial charge in [0, 0.05) is 60.4 Å². The zero-order valence-electron chi connectivity index (χ0n) is 18.7. The first-order valence-corrected chi connectivity index (χ1v) is 11.7. The van der Waals surface area contributed by atoms with Crippen LogP contribution in [0, 0.1) is 5.82 Å². The number of nitrogens with zero attached hydrogens (tertiary/aromatic N) is 5. The number of aromatic nitrogens is 1. The van der Waals surface area contributed by atoms with Crippen LogP contribution in [0.25, 0.3) is 0 Å². The number of carbonyl (C=O) groups excluding carboxylic acids is 2. The number of amides is 2. The van der Waals surface area contributed by atoms with Crippen LogP contribution < -0.4 is 4.90 Å². The Morgan fingerprint density at radius 1 is 1.00 bits per heavy atom. The van der Waals surface area contributed by atoms with Crippen molar-refractivity contribution in [2.75, 3.05) is 37.6 Å². The van der Waals surface area contributed by atoms with Gasteiger partial charge in [-0.1, -0.05) is 29.3 Å². The molecule has 180 valence electrons. The van der Waals surface area contributed by atoms with E-state index in [-0.39, 0.29) is 18.3 Å². The van der Waals surface area contributed by atoms with Crippen LogP contribution in [0.1, 0.15) is 15.9 Å². The van der Waals surface area contributed by atoms with Gasteiger partial charge >= 0.3 is 0 Å². The molecule has 1 aromatic heterocycles. The number of pyridine rings is 1. The van der Waals surface area contributed by atoms with Gasteiger partial charge in [-0.25, -0.2) is 9.40 Å². The molecule has 4 rings (SSSR count). The Bertz CT molecular complexity index is 1220. The highest BCUT2D eigenvalue weighted by Gasteiger charge is 2.25. The summed E-state index contributed by atoms with van der Waals surface area (Å²) >= 11 is 12.2. The Labute approximate surface area is 212 Å². The van der Waals surface area contributed by atoms with Gasteiger partial charge in [0.1, 0.15) is 12.4 Å². The fourth-order valence-corrected chi connectivity index (χ4v) is 4.10. The Morgan fingerprint density at radius 2 is 1.69 bits per heavy atom. The molecule has 3 aromatic rings. The lowest BCUT2D eigenvalue weighted by molar-refractivity contribution is -0.132. The van der Waals surface area contributed by atoms with Gasteiger partial charge in [-0.15, -0.1) is 0 Å². The first-order valence-electron chi connectivity index (χ1n) is 10.9. The minimum Gasteiger partial charge on any atom is -0.368 e. The van der Waals surface area contributed by atoms with E-state index >= 15 is 0 Å². The molecule has 0 aliphatic carbocycles. The molecule has 0 spiro atoms. The number of hydrogen-bond acceptors (Lipinski definition) is 5. The van der Waals surface area contributed by atoms with Crippen molar-refractivity contribution in [3.8, 4) is 0 Å². The highest BCUT2D eigenvalue weighted by atomic mass is 35.5. The van der Waals surface area contributed by atoms with E-state index in [0.29, 0.717) is 47.4 Å². The summed E-state index contributed by atoms with van der Waals surface area (Å²) < 4.78 is 13.2. The van der Waals surface area contributed by atoms with Crippen LogP contribution in [0.5, 0.6) is 0 Å². The van der Waals surface area contributed by atoms with Gasteiger partial charge in [0.25, 0.3) is 5.91 Å². The number of rotatable bonds is 6. The number of anilines is 1. The van der Waals surface area contributed by atoms with Crippen molar-refractivity contribution in [3.63, 3.8) is 0 Å². The SMILES string of the molecule is O=C(CN(/N=C/c1ccc(Cl)cc1Cl)C(=O)c1ccncc1)N1CCN(c2ccc(F)cc2)CC1. The summed E-state index contributed by atoms with van der Waals surface area (Å²) in [5, 5.41) is 6.26. The summed E-state index contributed by atoms with van der Waals surface area (Å²) in [5.41, 5.74) is 1.81. The molecule has 2 heterocycles. The number of piperazine rings is 1. The quantitative estimate of drug-likeness (QED) is 0.362. The lowest BCUT2D eigenvalue weighted by Crippen LogP contribution is -2.51. The first-order chi connectivity index (χ1) is 16.9. The summed E-state index contributed by atoms with van der Waals surface area (Å²) in [6.45, 7) is 1.90. The molecule has 0 bridgehead atoms. The first kappa shape index (κ1) is 24.6. The number of halogens is 3. The van der Waals surface area contributed by atoms with Gasteiger partial charge < -0.3 is 9.80 Å². The predicted molar refractivity (Wildman–Crippen MR) is 135 cm³/mol. The molecule has 1 aliphatic rings. The van der Waals surface area contributed by atoms with Crippen LogP contribution >= 0.6 is 23.2 Å². The number of hydrazone groups is 1. The normalized spacial score (nSPS) is 13.8. The van der Waals surface area contributed by atoms with E-state index in [0.717, 1.165) is 10.7 Å². The van der Waals surface area contributed by atoms with Gasteiger partial charge in [0.15, 0.2) is 0 Å². The second-order valence-electron chi connectivity index (χ2n) is 7.85. The van der Waals surface area contributed by atoms with Crippen molar-refractivity contribution >= 4 is 46.9 Å². The van der Waals surface area contributed by atoms with Crippen LogP contribution in [0.2, 0.25) is 10.0 Å². The molecule has 0 saturated carbocycles. The van der Waals surface area contributed by atoms with Crippen LogP contribution in [-0.4, -0.2) is 65.6 Å². The summed E-state index contributed by atoms with van der Waals surface area (Å²) in [6.07, 6.45) is 4.43. The fraction of sp³-hybridized carbons (Fsp3) is 0.200. The molecule has 0 atom stereocenters. The van der Waals surface area contributed by atoms with E-state index in [9.17, 15) is 14.0 Å². The van der Waals surface area contributed by atoms with E-state index < -0.39 is 5.91 Å². The minimum absolute atomic E-state index is 0.231. The van der Waals surface area contributed by atoms with Gasteiger partial charge in [0.2, 0.25) is 5.91 Å². The molecule has 2 aromatic carbocycles. The average molecular weight is 514 g/mol. The van der Waals surface area contributed by atoms with Crippen molar-refractivity contribution < 1.29 is 14.0 Å². The molecule has 35 heavy (non-hydrogen) atoms. The lowest BCUT2D eigenvalue weighted by Gasteiger charge is -2.36. The molecule has 0 unspecified atom stereocenters. The van der Waals surface area contributed by atoms with Crippen LogP contribution in [-0.2, 0) is 4.79 Å². The second kappa shape index (κ2) is 11.3. The van der Waals surface area contributed by atoms with Crippen molar-refractivity contribution in [2.45, 2.75) is 0 Å². The monoisotopic (exact) mass is 513 g/mol. The van der Waals surface area contributed by atoms with E-state index in [4.69, 9.17) is 23.2 Å².